The molecule has 0 spiro atoms. The average molecular weight is 261 g/mol. The Hall–Kier alpha value is -2.31. The highest BCUT2D eigenvalue weighted by Crippen LogP contribution is 2.26. The zero-order valence-electron chi connectivity index (χ0n) is 10.6. The van der Waals surface area contributed by atoms with Crippen molar-refractivity contribution in [3.63, 3.8) is 0 Å². The van der Waals surface area contributed by atoms with E-state index in [-0.39, 0.29) is 11.9 Å². The molecule has 1 atom stereocenters. The van der Waals surface area contributed by atoms with E-state index in [1.807, 2.05) is 13.1 Å². The fourth-order valence-corrected chi connectivity index (χ4v) is 2.35. The lowest BCUT2D eigenvalue weighted by atomic mass is 10.1. The summed E-state index contributed by atoms with van der Waals surface area (Å²) in [5.74, 6) is 0.184. The molecule has 3 N–H and O–H groups in total. The van der Waals surface area contributed by atoms with E-state index in [0.29, 0.717) is 29.7 Å². The molecule has 3 rings (SSSR count). The van der Waals surface area contributed by atoms with Crippen LogP contribution < -0.4 is 11.1 Å². The third-order valence-corrected chi connectivity index (χ3v) is 3.43. The summed E-state index contributed by atoms with van der Waals surface area (Å²) in [5.41, 5.74) is 8.36. The lowest BCUT2D eigenvalue weighted by Gasteiger charge is -2.30. The number of carbonyl (C=O) groups excluding carboxylic acids is 1. The van der Waals surface area contributed by atoms with Gasteiger partial charge in [0, 0.05) is 26.1 Å². The fourth-order valence-electron chi connectivity index (χ4n) is 2.35. The molecular weight excluding hydrogens is 246 g/mol. The maximum Gasteiger partial charge on any atom is 0.222 e. The Bertz CT molecular complexity index is 624. The first-order valence-electron chi connectivity index (χ1n) is 6.16. The van der Waals surface area contributed by atoms with Gasteiger partial charge in [-0.3, -0.25) is 4.79 Å². The van der Waals surface area contributed by atoms with Crippen LogP contribution in [-0.4, -0.2) is 40.8 Å². The molecule has 0 aliphatic carbocycles. The number of likely N-dealkylation sites (tertiary alicyclic amines) is 1. The molecule has 100 valence electrons. The molecule has 7 heteroatoms. The Morgan fingerprint density at radius 1 is 1.42 bits per heavy atom. The number of nitrogen functional groups attached to an aromatic ring is 1. The second-order valence-corrected chi connectivity index (χ2v) is 4.82. The van der Waals surface area contributed by atoms with Gasteiger partial charge in [-0.05, 0) is 28.9 Å². The summed E-state index contributed by atoms with van der Waals surface area (Å²) in [5, 5.41) is 11.0. The van der Waals surface area contributed by atoms with Crippen LogP contribution in [0.15, 0.2) is 16.8 Å². The highest BCUT2D eigenvalue weighted by Gasteiger charge is 2.23. The van der Waals surface area contributed by atoms with Crippen LogP contribution in [0.2, 0.25) is 0 Å². The van der Waals surface area contributed by atoms with Gasteiger partial charge in [-0.1, -0.05) is 0 Å². The Morgan fingerprint density at radius 3 is 3.00 bits per heavy atom. The maximum absolute atomic E-state index is 11.5. The number of fused-ring (bicyclic) bond motifs is 1. The van der Waals surface area contributed by atoms with E-state index in [1.165, 1.54) is 0 Å². The summed E-state index contributed by atoms with van der Waals surface area (Å²) >= 11 is 0. The second-order valence-electron chi connectivity index (χ2n) is 4.82. The van der Waals surface area contributed by atoms with Gasteiger partial charge in [0.25, 0.3) is 0 Å². The van der Waals surface area contributed by atoms with Crippen LogP contribution in [0.3, 0.4) is 0 Å². The van der Waals surface area contributed by atoms with Crippen LogP contribution >= 0.6 is 0 Å². The largest absolute Gasteiger partial charge is 0.397 e. The van der Waals surface area contributed by atoms with Gasteiger partial charge in [0.05, 0.1) is 11.4 Å². The Morgan fingerprint density at radius 2 is 2.21 bits per heavy atom. The zero-order chi connectivity index (χ0) is 13.4. The van der Waals surface area contributed by atoms with Gasteiger partial charge in [0.1, 0.15) is 0 Å². The van der Waals surface area contributed by atoms with Crippen molar-refractivity contribution in [1.29, 1.82) is 0 Å². The van der Waals surface area contributed by atoms with Crippen molar-refractivity contribution < 1.29 is 9.42 Å². The first kappa shape index (κ1) is 11.8. The van der Waals surface area contributed by atoms with Crippen molar-refractivity contribution in [2.24, 2.45) is 0 Å². The number of likely N-dealkylation sites (N-methyl/N-ethyl adjacent to an activating group) is 1. The minimum atomic E-state index is 0.184. The third-order valence-electron chi connectivity index (χ3n) is 3.43. The summed E-state index contributed by atoms with van der Waals surface area (Å²) in [6.45, 7) is 0.677. The van der Waals surface area contributed by atoms with Gasteiger partial charge in [-0.25, -0.2) is 4.63 Å². The molecule has 1 aromatic carbocycles. The highest BCUT2D eigenvalue weighted by molar-refractivity contribution is 5.95. The topological polar surface area (TPSA) is 97.3 Å². The Labute approximate surface area is 109 Å². The van der Waals surface area contributed by atoms with Crippen molar-refractivity contribution in [3.05, 3.63) is 12.1 Å². The normalized spacial score (nSPS) is 19.9. The number of nitrogens with two attached hydrogens (primary N) is 1. The molecule has 7 nitrogen and oxygen atoms in total. The Kier molecular flexibility index (Phi) is 2.73. The predicted molar refractivity (Wildman–Crippen MR) is 70.5 cm³/mol. The minimum absolute atomic E-state index is 0.184. The van der Waals surface area contributed by atoms with Crippen molar-refractivity contribution in [3.8, 4) is 0 Å². The first-order chi connectivity index (χ1) is 9.15. The van der Waals surface area contributed by atoms with Crippen molar-refractivity contribution in [2.75, 3.05) is 24.6 Å². The lowest BCUT2D eigenvalue weighted by molar-refractivity contribution is -0.132. The van der Waals surface area contributed by atoms with Gasteiger partial charge in [0.15, 0.2) is 11.0 Å². The summed E-state index contributed by atoms with van der Waals surface area (Å²) in [7, 11) is 1.81. The molecule has 1 aromatic heterocycles. The monoisotopic (exact) mass is 261 g/mol. The molecule has 2 heterocycles. The van der Waals surface area contributed by atoms with Crippen LogP contribution in [0, 0.1) is 0 Å². The molecule has 1 fully saturated rings. The number of hydrogen-bond acceptors (Lipinski definition) is 6. The number of rotatable bonds is 2. The molecule has 0 radical (unpaired) electrons. The molecule has 2 aromatic rings. The molecule has 0 bridgehead atoms. The molecule has 19 heavy (non-hydrogen) atoms. The number of aromatic nitrogens is 2. The number of hydrogen-bond donors (Lipinski definition) is 2. The highest BCUT2D eigenvalue weighted by atomic mass is 16.6. The van der Waals surface area contributed by atoms with Crippen LogP contribution in [0.4, 0.5) is 11.4 Å². The van der Waals surface area contributed by atoms with E-state index in [1.54, 1.807) is 11.0 Å². The molecule has 0 saturated carbocycles. The maximum atomic E-state index is 11.5. The average Bonchev–Trinajstić information content (AvgIpc) is 2.87. The van der Waals surface area contributed by atoms with Gasteiger partial charge in [-0.2, -0.15) is 0 Å². The molecular formula is C12H15N5O2. The molecule has 1 amide bonds. The number of piperidine rings is 1. The quantitative estimate of drug-likeness (QED) is 0.777. The molecule has 1 aliphatic rings. The van der Waals surface area contributed by atoms with E-state index in [0.717, 1.165) is 12.1 Å². The van der Waals surface area contributed by atoms with Gasteiger partial charge < -0.3 is 16.0 Å². The Balaban J connectivity index is 1.84. The van der Waals surface area contributed by atoms with Crippen LogP contribution in [-0.2, 0) is 4.79 Å². The molecule has 1 saturated heterocycles. The third kappa shape index (κ3) is 2.07. The second kappa shape index (κ2) is 4.42. The SMILES string of the molecule is CN1CC(Nc2ccc(N)c3nonc23)CCC1=O. The molecule has 1 unspecified atom stereocenters. The summed E-state index contributed by atoms with van der Waals surface area (Å²) in [4.78, 5) is 13.2. The van der Waals surface area contributed by atoms with Crippen LogP contribution in [0.1, 0.15) is 12.8 Å². The van der Waals surface area contributed by atoms with Crippen molar-refractivity contribution >= 4 is 28.3 Å². The summed E-state index contributed by atoms with van der Waals surface area (Å²) in [6, 6.07) is 3.83. The summed E-state index contributed by atoms with van der Waals surface area (Å²) in [6.07, 6.45) is 1.36. The summed E-state index contributed by atoms with van der Waals surface area (Å²) < 4.78 is 4.73. The smallest absolute Gasteiger partial charge is 0.222 e. The minimum Gasteiger partial charge on any atom is -0.397 e. The van der Waals surface area contributed by atoms with E-state index in [2.05, 4.69) is 15.6 Å². The van der Waals surface area contributed by atoms with Gasteiger partial charge >= 0.3 is 0 Å². The number of amides is 1. The molecule has 1 aliphatic heterocycles. The predicted octanol–water partition coefficient (Wildman–Crippen LogP) is 0.838. The van der Waals surface area contributed by atoms with Crippen molar-refractivity contribution in [1.82, 2.24) is 15.2 Å². The van der Waals surface area contributed by atoms with E-state index >= 15 is 0 Å². The number of carbonyl (C=O) groups is 1. The number of nitrogens with zero attached hydrogens (tertiary/aromatic N) is 3. The fraction of sp³-hybridized carbons (Fsp3) is 0.417. The number of anilines is 2. The van der Waals surface area contributed by atoms with Gasteiger partial charge in [0.2, 0.25) is 5.91 Å². The zero-order valence-corrected chi connectivity index (χ0v) is 10.6. The first-order valence-corrected chi connectivity index (χ1v) is 6.16. The van der Waals surface area contributed by atoms with Crippen molar-refractivity contribution in [2.45, 2.75) is 18.9 Å². The number of nitrogens with one attached hydrogen (secondary N) is 1. The van der Waals surface area contributed by atoms with Crippen LogP contribution in [0.5, 0.6) is 0 Å². The standard InChI is InChI=1S/C12H15N5O2/c1-17-6-7(2-5-10(17)18)14-9-4-3-8(13)11-12(9)16-19-15-11/h3-4,7,14H,2,5-6,13H2,1H3. The van der Waals surface area contributed by atoms with Gasteiger partial charge in [-0.15, -0.1) is 0 Å². The lowest BCUT2D eigenvalue weighted by Crippen LogP contribution is -2.43. The number of benzene rings is 1. The van der Waals surface area contributed by atoms with E-state index in [4.69, 9.17) is 10.4 Å². The van der Waals surface area contributed by atoms with Crippen LogP contribution in [0.25, 0.3) is 11.0 Å². The van der Waals surface area contributed by atoms with E-state index < -0.39 is 0 Å². The van der Waals surface area contributed by atoms with E-state index in [9.17, 15) is 4.79 Å².